The lowest BCUT2D eigenvalue weighted by molar-refractivity contribution is -0.360. The van der Waals surface area contributed by atoms with Crippen LogP contribution in [0.15, 0.2) is 22.7 Å². The normalized spacial score (nSPS) is 13.5. The van der Waals surface area contributed by atoms with Crippen molar-refractivity contribution in [2.24, 2.45) is 0 Å². The number of rotatable bonds is 2. The van der Waals surface area contributed by atoms with E-state index in [4.69, 9.17) is 0 Å². The van der Waals surface area contributed by atoms with Crippen LogP contribution in [0.3, 0.4) is 0 Å². The predicted molar refractivity (Wildman–Crippen MR) is 50.8 cm³/mol. The molecule has 0 heterocycles. The summed E-state index contributed by atoms with van der Waals surface area (Å²) in [6, 6.07) is 1.12. The molecule has 1 aromatic rings. The summed E-state index contributed by atoms with van der Waals surface area (Å²) in [4.78, 5) is 0. The van der Waals surface area contributed by atoms with Gasteiger partial charge in [0.1, 0.15) is 5.75 Å². The lowest BCUT2D eigenvalue weighted by Crippen LogP contribution is -2.41. The molecule has 0 aliphatic carbocycles. The van der Waals surface area contributed by atoms with Crippen molar-refractivity contribution in [1.82, 2.24) is 0 Å². The zero-order valence-electron chi connectivity index (χ0n) is 8.54. The average molecular weight is 359 g/mol. The molecule has 19 heavy (non-hydrogen) atoms. The molecule has 0 bridgehead atoms. The quantitative estimate of drug-likeness (QED) is 0.676. The van der Waals surface area contributed by atoms with Crippen molar-refractivity contribution in [3.05, 3.63) is 28.2 Å². The molecule has 0 aliphatic heterocycles. The highest BCUT2D eigenvalue weighted by molar-refractivity contribution is 9.10. The summed E-state index contributed by atoms with van der Waals surface area (Å²) in [6.07, 6.45) is -16.5. The lowest BCUT2D eigenvalue weighted by atomic mass is 10.2. The zero-order valence-corrected chi connectivity index (χ0v) is 10.1. The SMILES string of the molecule is FC(F)(F)c1cc(Br)cc(OC(F)(F)C(F)(F)F)c1. The predicted octanol–water partition coefficient (Wildman–Crippen LogP) is 5.00. The van der Waals surface area contributed by atoms with Gasteiger partial charge in [-0.25, -0.2) is 0 Å². The molecule has 0 saturated heterocycles. The smallest absolute Gasteiger partial charge is 0.426 e. The Bertz CT molecular complexity index is 464. The highest BCUT2D eigenvalue weighted by Gasteiger charge is 2.61. The number of halogens is 9. The molecule has 1 rings (SSSR count). The number of hydrogen-bond donors (Lipinski definition) is 0. The van der Waals surface area contributed by atoms with Crippen LogP contribution in [-0.4, -0.2) is 12.3 Å². The Morgan fingerprint density at radius 3 is 1.79 bits per heavy atom. The summed E-state index contributed by atoms with van der Waals surface area (Å²) in [5, 5.41) is 0. The first kappa shape index (κ1) is 16.0. The second-order valence-corrected chi connectivity index (χ2v) is 4.21. The minimum atomic E-state index is -6.03. The molecule has 108 valence electrons. The largest absolute Gasteiger partial charge is 0.499 e. The van der Waals surface area contributed by atoms with Gasteiger partial charge in [-0.15, -0.1) is 0 Å². The molecule has 0 radical (unpaired) electrons. The van der Waals surface area contributed by atoms with Gasteiger partial charge in [-0.1, -0.05) is 15.9 Å². The minimum Gasteiger partial charge on any atom is -0.426 e. The average Bonchev–Trinajstić information content (AvgIpc) is 2.12. The standard InChI is InChI=1S/C9H3BrF8O/c10-5-1-4(7(11,12)13)2-6(3-5)19-9(17,18)8(14,15)16/h1-3H. The van der Waals surface area contributed by atoms with Crippen molar-refractivity contribution in [2.45, 2.75) is 18.5 Å². The Labute approximate surface area is 109 Å². The van der Waals surface area contributed by atoms with Gasteiger partial charge in [0.05, 0.1) is 5.56 Å². The highest BCUT2D eigenvalue weighted by atomic mass is 79.9. The molecular weight excluding hydrogens is 356 g/mol. The third kappa shape index (κ3) is 3.95. The first-order valence-electron chi connectivity index (χ1n) is 4.34. The van der Waals surface area contributed by atoms with E-state index in [1.807, 2.05) is 0 Å². The van der Waals surface area contributed by atoms with E-state index in [1.54, 1.807) is 0 Å². The number of hydrogen-bond acceptors (Lipinski definition) is 1. The summed E-state index contributed by atoms with van der Waals surface area (Å²) >= 11 is 2.56. The number of alkyl halides is 8. The minimum absolute atomic E-state index is 0.0460. The van der Waals surface area contributed by atoms with Gasteiger partial charge in [0, 0.05) is 4.47 Å². The van der Waals surface area contributed by atoms with Gasteiger partial charge in [0.2, 0.25) is 0 Å². The van der Waals surface area contributed by atoms with E-state index in [2.05, 4.69) is 20.7 Å². The van der Waals surface area contributed by atoms with Gasteiger partial charge in [-0.05, 0) is 18.2 Å². The molecule has 1 nitrogen and oxygen atoms in total. The maximum Gasteiger partial charge on any atom is 0.499 e. The maximum absolute atomic E-state index is 12.5. The first-order chi connectivity index (χ1) is 8.33. The Kier molecular flexibility index (Phi) is 4.04. The van der Waals surface area contributed by atoms with Gasteiger partial charge in [0.15, 0.2) is 0 Å². The maximum atomic E-state index is 12.5. The number of benzene rings is 1. The fourth-order valence-electron chi connectivity index (χ4n) is 0.991. The molecule has 0 aromatic heterocycles. The third-order valence-corrected chi connectivity index (χ3v) is 2.23. The topological polar surface area (TPSA) is 9.23 Å². The highest BCUT2D eigenvalue weighted by Crippen LogP contribution is 2.40. The fourth-order valence-corrected chi connectivity index (χ4v) is 1.46. The van der Waals surface area contributed by atoms with E-state index >= 15 is 0 Å². The van der Waals surface area contributed by atoms with Crippen LogP contribution >= 0.6 is 15.9 Å². The van der Waals surface area contributed by atoms with Crippen molar-refractivity contribution < 1.29 is 39.9 Å². The Balaban J connectivity index is 3.13. The summed E-state index contributed by atoms with van der Waals surface area (Å²) in [7, 11) is 0. The van der Waals surface area contributed by atoms with Gasteiger partial charge in [0.25, 0.3) is 0 Å². The van der Waals surface area contributed by atoms with Gasteiger partial charge >= 0.3 is 18.5 Å². The van der Waals surface area contributed by atoms with Crippen LogP contribution in [0.25, 0.3) is 0 Å². The molecular formula is C9H3BrF8O. The summed E-state index contributed by atoms with van der Waals surface area (Å²) in [5.41, 5.74) is -1.42. The summed E-state index contributed by atoms with van der Waals surface area (Å²) in [5.74, 6) is -1.26. The van der Waals surface area contributed by atoms with Crippen molar-refractivity contribution >= 4 is 15.9 Å². The molecule has 1 aromatic carbocycles. The number of ether oxygens (including phenoxy) is 1. The monoisotopic (exact) mass is 358 g/mol. The molecule has 0 spiro atoms. The third-order valence-electron chi connectivity index (χ3n) is 1.77. The first-order valence-corrected chi connectivity index (χ1v) is 5.13. The van der Waals surface area contributed by atoms with Gasteiger partial charge in [-0.2, -0.15) is 35.1 Å². The van der Waals surface area contributed by atoms with Crippen LogP contribution in [0.1, 0.15) is 5.56 Å². The molecule has 0 amide bonds. The Morgan fingerprint density at radius 1 is 0.842 bits per heavy atom. The van der Waals surface area contributed by atoms with E-state index in [1.165, 1.54) is 0 Å². The lowest BCUT2D eigenvalue weighted by Gasteiger charge is -2.21. The van der Waals surface area contributed by atoms with Crippen LogP contribution < -0.4 is 4.74 Å². The van der Waals surface area contributed by atoms with E-state index in [0.717, 1.165) is 0 Å². The van der Waals surface area contributed by atoms with Gasteiger partial charge in [-0.3, -0.25) is 0 Å². The van der Waals surface area contributed by atoms with E-state index in [0.29, 0.717) is 12.1 Å². The van der Waals surface area contributed by atoms with Crippen molar-refractivity contribution in [3.8, 4) is 5.75 Å². The molecule has 0 atom stereocenters. The van der Waals surface area contributed by atoms with E-state index in [-0.39, 0.29) is 10.5 Å². The molecule has 10 heteroatoms. The second-order valence-electron chi connectivity index (χ2n) is 3.29. The Morgan fingerprint density at radius 2 is 1.37 bits per heavy atom. The van der Waals surface area contributed by atoms with Crippen LogP contribution in [0.5, 0.6) is 5.75 Å². The van der Waals surface area contributed by atoms with E-state index < -0.39 is 29.8 Å². The zero-order chi connectivity index (χ0) is 15.1. The molecule has 0 aliphatic rings. The summed E-state index contributed by atoms with van der Waals surface area (Å²) < 4.78 is 101. The van der Waals surface area contributed by atoms with Crippen molar-refractivity contribution in [3.63, 3.8) is 0 Å². The fraction of sp³-hybridized carbons (Fsp3) is 0.333. The molecule has 0 N–H and O–H groups in total. The van der Waals surface area contributed by atoms with Crippen LogP contribution in [-0.2, 0) is 6.18 Å². The van der Waals surface area contributed by atoms with E-state index in [9.17, 15) is 35.1 Å². The van der Waals surface area contributed by atoms with Crippen LogP contribution in [0.2, 0.25) is 0 Å². The van der Waals surface area contributed by atoms with Crippen molar-refractivity contribution in [2.75, 3.05) is 0 Å². The summed E-state index contributed by atoms with van der Waals surface area (Å²) in [6.45, 7) is 0. The Hall–Kier alpha value is -1.06. The molecule has 0 saturated carbocycles. The van der Waals surface area contributed by atoms with Crippen molar-refractivity contribution in [1.29, 1.82) is 0 Å². The molecule has 0 unspecified atom stereocenters. The second kappa shape index (κ2) is 4.80. The van der Waals surface area contributed by atoms with Crippen LogP contribution in [0, 0.1) is 0 Å². The van der Waals surface area contributed by atoms with Gasteiger partial charge < -0.3 is 4.74 Å². The molecule has 0 fully saturated rings. The van der Waals surface area contributed by atoms with Crippen LogP contribution in [0.4, 0.5) is 35.1 Å².